The molecule has 2 aliphatic rings. The van der Waals surface area contributed by atoms with Gasteiger partial charge in [-0.15, -0.1) is 0 Å². The van der Waals surface area contributed by atoms with Crippen LogP contribution in [0, 0.1) is 5.92 Å². The van der Waals surface area contributed by atoms with Crippen molar-refractivity contribution in [3.05, 3.63) is 0 Å². The zero-order valence-electron chi connectivity index (χ0n) is 9.52. The monoisotopic (exact) mass is 250 g/mol. The molecular formula is C11H17F3N2O. The van der Waals surface area contributed by atoms with Gasteiger partial charge in [-0.1, -0.05) is 6.42 Å². The minimum Gasteiger partial charge on any atom is -0.368 e. The number of amides is 1. The first-order valence-electron chi connectivity index (χ1n) is 5.98. The molecule has 0 saturated heterocycles. The predicted octanol–water partition coefficient (Wildman–Crippen LogP) is 1.71. The lowest BCUT2D eigenvalue weighted by molar-refractivity contribution is -0.183. The number of hydrogen-bond acceptors (Lipinski definition) is 2. The van der Waals surface area contributed by atoms with Crippen molar-refractivity contribution in [3.63, 3.8) is 0 Å². The van der Waals surface area contributed by atoms with Crippen molar-refractivity contribution in [1.82, 2.24) is 5.32 Å². The van der Waals surface area contributed by atoms with Crippen LogP contribution < -0.4 is 11.1 Å². The van der Waals surface area contributed by atoms with Gasteiger partial charge in [-0.3, -0.25) is 4.79 Å². The van der Waals surface area contributed by atoms with E-state index in [1.54, 1.807) is 0 Å². The number of rotatable bonds is 3. The molecule has 0 heterocycles. The van der Waals surface area contributed by atoms with Crippen LogP contribution in [0.4, 0.5) is 13.2 Å². The summed E-state index contributed by atoms with van der Waals surface area (Å²) >= 11 is 0. The highest BCUT2D eigenvalue weighted by Crippen LogP contribution is 2.41. The van der Waals surface area contributed by atoms with Crippen LogP contribution in [-0.2, 0) is 4.79 Å². The molecule has 2 rings (SSSR count). The van der Waals surface area contributed by atoms with Crippen molar-refractivity contribution in [2.45, 2.75) is 56.3 Å². The smallest absolute Gasteiger partial charge is 0.368 e. The van der Waals surface area contributed by atoms with Crippen molar-refractivity contribution in [2.75, 3.05) is 0 Å². The number of carbonyl (C=O) groups is 1. The van der Waals surface area contributed by atoms with E-state index in [4.69, 9.17) is 5.73 Å². The minimum absolute atomic E-state index is 0.0680. The number of hydrogen-bond donors (Lipinski definition) is 2. The van der Waals surface area contributed by atoms with E-state index in [2.05, 4.69) is 5.32 Å². The van der Waals surface area contributed by atoms with Crippen molar-refractivity contribution >= 4 is 5.91 Å². The topological polar surface area (TPSA) is 55.1 Å². The van der Waals surface area contributed by atoms with E-state index in [0.29, 0.717) is 25.7 Å². The van der Waals surface area contributed by atoms with Gasteiger partial charge in [0.1, 0.15) is 0 Å². The average Bonchev–Trinajstić information content (AvgIpc) is 2.98. The molecule has 17 heavy (non-hydrogen) atoms. The molecule has 0 aromatic rings. The molecule has 0 unspecified atom stereocenters. The summed E-state index contributed by atoms with van der Waals surface area (Å²) in [6, 6.07) is -0.231. The van der Waals surface area contributed by atoms with Gasteiger partial charge in [-0.2, -0.15) is 13.2 Å². The normalized spacial score (nSPS) is 32.2. The van der Waals surface area contributed by atoms with Gasteiger partial charge in [0.2, 0.25) is 5.91 Å². The van der Waals surface area contributed by atoms with Crippen molar-refractivity contribution in [2.24, 2.45) is 11.7 Å². The Labute approximate surface area is 97.9 Å². The van der Waals surface area contributed by atoms with Crippen LogP contribution in [0.5, 0.6) is 0 Å². The maximum atomic E-state index is 12.6. The lowest BCUT2D eigenvalue weighted by Crippen LogP contribution is -2.50. The summed E-state index contributed by atoms with van der Waals surface area (Å²) in [7, 11) is 0. The molecule has 3 nitrogen and oxygen atoms in total. The fraction of sp³-hybridized carbons (Fsp3) is 0.909. The Bertz CT molecular complexity index is 312. The number of primary amides is 1. The van der Waals surface area contributed by atoms with Crippen molar-refractivity contribution < 1.29 is 18.0 Å². The fourth-order valence-electron chi connectivity index (χ4n) is 2.60. The summed E-state index contributed by atoms with van der Waals surface area (Å²) in [4.78, 5) is 11.2. The second-order valence-corrected chi connectivity index (χ2v) is 5.19. The standard InChI is InChI=1S/C11H17F3N2O/c12-11(13,14)7-2-1-3-8(6-7)16-10(4-5-10)9(15)17/h7-8,16H,1-6H2,(H2,15,17)/t7-,8+/m0/s1. The molecule has 0 aromatic carbocycles. The Morgan fingerprint density at radius 1 is 1.29 bits per heavy atom. The number of nitrogens with two attached hydrogens (primary N) is 1. The van der Waals surface area contributed by atoms with E-state index >= 15 is 0 Å². The van der Waals surface area contributed by atoms with Gasteiger partial charge in [0, 0.05) is 6.04 Å². The van der Waals surface area contributed by atoms with Crippen LogP contribution >= 0.6 is 0 Å². The quantitative estimate of drug-likeness (QED) is 0.801. The SMILES string of the molecule is NC(=O)C1(N[C@@H]2CCC[C@H](C(F)(F)F)C2)CC1. The lowest BCUT2D eigenvalue weighted by atomic mass is 9.85. The molecule has 2 fully saturated rings. The van der Waals surface area contributed by atoms with Gasteiger partial charge in [0.15, 0.2) is 0 Å². The van der Waals surface area contributed by atoms with Crippen LogP contribution in [0.15, 0.2) is 0 Å². The van der Waals surface area contributed by atoms with Crippen LogP contribution in [-0.4, -0.2) is 23.7 Å². The largest absolute Gasteiger partial charge is 0.391 e. The number of halogens is 3. The molecule has 0 bridgehead atoms. The molecule has 2 atom stereocenters. The molecule has 98 valence electrons. The highest BCUT2D eigenvalue weighted by molar-refractivity contribution is 5.87. The van der Waals surface area contributed by atoms with E-state index < -0.39 is 23.5 Å². The fourth-order valence-corrected chi connectivity index (χ4v) is 2.60. The van der Waals surface area contributed by atoms with Crippen LogP contribution in [0.3, 0.4) is 0 Å². The Hall–Kier alpha value is -0.780. The Kier molecular flexibility index (Phi) is 3.10. The van der Waals surface area contributed by atoms with E-state index in [0.717, 1.165) is 0 Å². The van der Waals surface area contributed by atoms with Crippen molar-refractivity contribution in [3.8, 4) is 0 Å². The number of alkyl halides is 3. The molecule has 0 spiro atoms. The molecule has 2 saturated carbocycles. The zero-order chi connectivity index (χ0) is 12.7. The third-order valence-electron chi connectivity index (χ3n) is 3.84. The van der Waals surface area contributed by atoms with Gasteiger partial charge in [0.05, 0.1) is 11.5 Å². The molecule has 0 aromatic heterocycles. The summed E-state index contributed by atoms with van der Waals surface area (Å²) in [5, 5.41) is 3.03. The summed E-state index contributed by atoms with van der Waals surface area (Å²) < 4.78 is 37.8. The first kappa shape index (κ1) is 12.7. The predicted molar refractivity (Wildman–Crippen MR) is 56.1 cm³/mol. The highest BCUT2D eigenvalue weighted by Gasteiger charge is 2.51. The van der Waals surface area contributed by atoms with E-state index in [1.165, 1.54) is 0 Å². The number of carbonyl (C=O) groups excluding carboxylic acids is 1. The summed E-state index contributed by atoms with van der Waals surface area (Å²) in [5.41, 5.74) is 4.54. The Morgan fingerprint density at radius 2 is 1.94 bits per heavy atom. The summed E-state index contributed by atoms with van der Waals surface area (Å²) in [6.07, 6.45) is -1.31. The third kappa shape index (κ3) is 2.73. The lowest BCUT2D eigenvalue weighted by Gasteiger charge is -2.33. The Morgan fingerprint density at radius 3 is 2.41 bits per heavy atom. The molecule has 3 N–H and O–H groups in total. The first-order valence-corrected chi connectivity index (χ1v) is 5.98. The van der Waals surface area contributed by atoms with Crippen LogP contribution in [0.2, 0.25) is 0 Å². The maximum absolute atomic E-state index is 12.6. The number of nitrogens with one attached hydrogen (secondary N) is 1. The molecular weight excluding hydrogens is 233 g/mol. The first-order chi connectivity index (χ1) is 7.83. The van der Waals surface area contributed by atoms with Gasteiger partial charge < -0.3 is 11.1 Å². The zero-order valence-corrected chi connectivity index (χ0v) is 9.52. The summed E-state index contributed by atoms with van der Waals surface area (Å²) in [5.74, 6) is -1.68. The average molecular weight is 250 g/mol. The third-order valence-corrected chi connectivity index (χ3v) is 3.84. The van der Waals surface area contributed by atoms with Crippen molar-refractivity contribution in [1.29, 1.82) is 0 Å². The molecule has 2 aliphatic carbocycles. The van der Waals surface area contributed by atoms with E-state index in [-0.39, 0.29) is 18.9 Å². The van der Waals surface area contributed by atoms with Gasteiger partial charge >= 0.3 is 6.18 Å². The molecule has 1 amide bonds. The summed E-state index contributed by atoms with van der Waals surface area (Å²) in [6.45, 7) is 0. The Balaban J connectivity index is 1.92. The van der Waals surface area contributed by atoms with E-state index in [9.17, 15) is 18.0 Å². The van der Waals surface area contributed by atoms with Crippen LogP contribution in [0.25, 0.3) is 0 Å². The maximum Gasteiger partial charge on any atom is 0.391 e. The second kappa shape index (κ2) is 4.15. The van der Waals surface area contributed by atoms with Gasteiger partial charge in [-0.25, -0.2) is 0 Å². The second-order valence-electron chi connectivity index (χ2n) is 5.19. The molecule has 0 radical (unpaired) electrons. The molecule has 0 aliphatic heterocycles. The van der Waals surface area contributed by atoms with E-state index in [1.807, 2.05) is 0 Å². The minimum atomic E-state index is -4.12. The van der Waals surface area contributed by atoms with Gasteiger partial charge in [0.25, 0.3) is 0 Å². The van der Waals surface area contributed by atoms with Crippen LogP contribution in [0.1, 0.15) is 38.5 Å². The van der Waals surface area contributed by atoms with Gasteiger partial charge in [-0.05, 0) is 32.1 Å². The molecule has 6 heteroatoms. The highest BCUT2D eigenvalue weighted by atomic mass is 19.4.